The lowest BCUT2D eigenvalue weighted by atomic mass is 10.2. The smallest absolute Gasteiger partial charge is 0.253 e. The minimum absolute atomic E-state index is 0.0196. The van der Waals surface area contributed by atoms with E-state index in [4.69, 9.17) is 23.2 Å². The van der Waals surface area contributed by atoms with Gasteiger partial charge >= 0.3 is 0 Å². The average molecular weight is 325 g/mol. The summed E-state index contributed by atoms with van der Waals surface area (Å²) in [5.41, 5.74) is 0.466. The van der Waals surface area contributed by atoms with Gasteiger partial charge in [0.05, 0.1) is 10.6 Å². The number of hydrogen-bond acceptors (Lipinski definition) is 1. The lowest BCUT2D eigenvalue weighted by Crippen LogP contribution is -2.35. The molecule has 16 heavy (non-hydrogen) atoms. The maximum atomic E-state index is 11.8. The van der Waals surface area contributed by atoms with Crippen molar-refractivity contribution in [2.75, 3.05) is 5.88 Å². The molecule has 0 aliphatic heterocycles. The van der Waals surface area contributed by atoms with E-state index < -0.39 is 0 Å². The molecule has 0 radical (unpaired) electrons. The van der Waals surface area contributed by atoms with Gasteiger partial charge in [0.15, 0.2) is 0 Å². The Hall–Kier alpha value is -0.250. The molecule has 1 amide bonds. The highest BCUT2D eigenvalue weighted by Crippen LogP contribution is 2.21. The standard InChI is InChI=1S/C11H12BrCl2NO/c1-2-8(6-13)15-11(16)9-4-3-7(12)5-10(9)14/h3-5,8H,2,6H2,1H3,(H,15,16). The van der Waals surface area contributed by atoms with Gasteiger partial charge in [0.1, 0.15) is 0 Å². The zero-order valence-electron chi connectivity index (χ0n) is 8.77. The summed E-state index contributed by atoms with van der Waals surface area (Å²) in [6.45, 7) is 1.97. The second kappa shape index (κ2) is 6.48. The van der Waals surface area contributed by atoms with Gasteiger partial charge in [-0.25, -0.2) is 0 Å². The van der Waals surface area contributed by atoms with Crippen LogP contribution in [0.25, 0.3) is 0 Å². The van der Waals surface area contributed by atoms with E-state index in [1.165, 1.54) is 0 Å². The highest BCUT2D eigenvalue weighted by Gasteiger charge is 2.14. The van der Waals surface area contributed by atoms with Crippen molar-refractivity contribution in [3.8, 4) is 0 Å². The van der Waals surface area contributed by atoms with Crippen LogP contribution in [0.5, 0.6) is 0 Å². The Bertz CT molecular complexity index is 380. The summed E-state index contributed by atoms with van der Waals surface area (Å²) in [4.78, 5) is 11.8. The summed E-state index contributed by atoms with van der Waals surface area (Å²) in [6.07, 6.45) is 0.795. The molecule has 0 fully saturated rings. The predicted octanol–water partition coefficient (Wildman–Crippen LogP) is 3.85. The molecule has 0 bridgehead atoms. The van der Waals surface area contributed by atoms with Crippen LogP contribution in [-0.4, -0.2) is 17.8 Å². The highest BCUT2D eigenvalue weighted by molar-refractivity contribution is 9.10. The second-order valence-electron chi connectivity index (χ2n) is 3.36. The third-order valence-electron chi connectivity index (χ3n) is 2.19. The zero-order valence-corrected chi connectivity index (χ0v) is 11.9. The van der Waals surface area contributed by atoms with Gasteiger partial charge in [-0.3, -0.25) is 4.79 Å². The second-order valence-corrected chi connectivity index (χ2v) is 4.99. The normalized spacial score (nSPS) is 12.2. The Morgan fingerprint density at radius 2 is 2.25 bits per heavy atom. The largest absolute Gasteiger partial charge is 0.348 e. The number of hydrogen-bond donors (Lipinski definition) is 1. The molecule has 0 aliphatic carbocycles. The van der Waals surface area contributed by atoms with Gasteiger partial charge < -0.3 is 5.32 Å². The van der Waals surface area contributed by atoms with Gasteiger partial charge in [-0.15, -0.1) is 11.6 Å². The molecule has 1 N–H and O–H groups in total. The van der Waals surface area contributed by atoms with Crippen LogP contribution in [0, 0.1) is 0 Å². The van der Waals surface area contributed by atoms with E-state index in [-0.39, 0.29) is 11.9 Å². The van der Waals surface area contributed by atoms with Crippen LogP contribution in [0.1, 0.15) is 23.7 Å². The van der Waals surface area contributed by atoms with Crippen LogP contribution >= 0.6 is 39.1 Å². The number of halogens is 3. The predicted molar refractivity (Wildman–Crippen MR) is 71.4 cm³/mol. The minimum Gasteiger partial charge on any atom is -0.348 e. The molecule has 1 unspecified atom stereocenters. The van der Waals surface area contributed by atoms with Gasteiger partial charge in [-0.05, 0) is 24.6 Å². The summed E-state index contributed by atoms with van der Waals surface area (Å²) in [7, 11) is 0. The molecule has 1 rings (SSSR count). The van der Waals surface area contributed by atoms with Crippen molar-refractivity contribution in [3.05, 3.63) is 33.3 Å². The Morgan fingerprint density at radius 3 is 2.75 bits per heavy atom. The van der Waals surface area contributed by atoms with Crippen molar-refractivity contribution in [2.24, 2.45) is 0 Å². The molecule has 0 aromatic heterocycles. The van der Waals surface area contributed by atoms with Crippen LogP contribution in [0.15, 0.2) is 22.7 Å². The number of benzene rings is 1. The van der Waals surface area contributed by atoms with Crippen LogP contribution < -0.4 is 5.32 Å². The summed E-state index contributed by atoms with van der Waals surface area (Å²) < 4.78 is 0.846. The average Bonchev–Trinajstić information content (AvgIpc) is 2.25. The molecule has 1 aromatic carbocycles. The molecule has 1 atom stereocenters. The number of amides is 1. The molecule has 1 aromatic rings. The van der Waals surface area contributed by atoms with Crippen LogP contribution in [0.3, 0.4) is 0 Å². The summed E-state index contributed by atoms with van der Waals surface area (Å²) in [5.74, 6) is 0.209. The first-order chi connectivity index (χ1) is 7.58. The SMILES string of the molecule is CCC(CCl)NC(=O)c1ccc(Br)cc1Cl. The fraction of sp³-hybridized carbons (Fsp3) is 0.364. The first-order valence-corrected chi connectivity index (χ1v) is 6.61. The molecule has 5 heteroatoms. The molecule has 0 heterocycles. The van der Waals surface area contributed by atoms with Gasteiger partial charge in [0.2, 0.25) is 0 Å². The number of alkyl halides is 1. The molecule has 88 valence electrons. The molecule has 0 spiro atoms. The first kappa shape index (κ1) is 13.8. The Labute approximate surface area is 113 Å². The van der Waals surface area contributed by atoms with E-state index >= 15 is 0 Å². The van der Waals surface area contributed by atoms with Gasteiger partial charge in [0.25, 0.3) is 5.91 Å². The summed E-state index contributed by atoms with van der Waals surface area (Å²) >= 11 is 15.0. The lowest BCUT2D eigenvalue weighted by Gasteiger charge is -2.14. The maximum Gasteiger partial charge on any atom is 0.253 e. The molecular formula is C11H12BrCl2NO. The summed E-state index contributed by atoms with van der Waals surface area (Å²) in [6, 6.07) is 5.14. The maximum absolute atomic E-state index is 11.8. The molecule has 2 nitrogen and oxygen atoms in total. The van der Waals surface area contributed by atoms with Crippen molar-refractivity contribution >= 4 is 45.0 Å². The lowest BCUT2D eigenvalue weighted by molar-refractivity contribution is 0.0940. The third-order valence-corrected chi connectivity index (χ3v) is 3.37. The first-order valence-electron chi connectivity index (χ1n) is 4.90. The Kier molecular flexibility index (Phi) is 5.59. The van der Waals surface area contributed by atoms with Crippen molar-refractivity contribution in [1.29, 1.82) is 0 Å². The molecule has 0 saturated heterocycles. The fourth-order valence-electron chi connectivity index (χ4n) is 1.19. The number of carbonyl (C=O) groups is 1. The highest BCUT2D eigenvalue weighted by atomic mass is 79.9. The quantitative estimate of drug-likeness (QED) is 0.837. The van der Waals surface area contributed by atoms with Crippen LogP contribution in [0.4, 0.5) is 0 Å². The topological polar surface area (TPSA) is 29.1 Å². The van der Waals surface area contributed by atoms with Crippen molar-refractivity contribution < 1.29 is 4.79 Å². The van der Waals surface area contributed by atoms with E-state index in [9.17, 15) is 4.79 Å². The van der Waals surface area contributed by atoms with E-state index in [1.807, 2.05) is 6.92 Å². The monoisotopic (exact) mass is 323 g/mol. The van der Waals surface area contributed by atoms with E-state index in [0.29, 0.717) is 16.5 Å². The van der Waals surface area contributed by atoms with Crippen molar-refractivity contribution in [1.82, 2.24) is 5.32 Å². The van der Waals surface area contributed by atoms with Crippen LogP contribution in [-0.2, 0) is 0 Å². The third kappa shape index (κ3) is 3.65. The minimum atomic E-state index is -0.190. The van der Waals surface area contributed by atoms with Gasteiger partial charge in [-0.1, -0.05) is 34.5 Å². The zero-order chi connectivity index (χ0) is 12.1. The Morgan fingerprint density at radius 1 is 1.56 bits per heavy atom. The summed E-state index contributed by atoms with van der Waals surface area (Å²) in [5, 5.41) is 3.25. The van der Waals surface area contributed by atoms with Gasteiger partial charge in [0, 0.05) is 16.4 Å². The fourth-order valence-corrected chi connectivity index (χ4v) is 2.24. The van der Waals surface area contributed by atoms with Crippen molar-refractivity contribution in [3.63, 3.8) is 0 Å². The molecule has 0 aliphatic rings. The molecular weight excluding hydrogens is 313 g/mol. The molecule has 0 saturated carbocycles. The number of rotatable bonds is 4. The van der Waals surface area contributed by atoms with Crippen molar-refractivity contribution in [2.45, 2.75) is 19.4 Å². The van der Waals surface area contributed by atoms with E-state index in [1.54, 1.807) is 18.2 Å². The van der Waals surface area contributed by atoms with E-state index in [2.05, 4.69) is 21.2 Å². The Balaban J connectivity index is 2.80. The number of nitrogens with one attached hydrogen (secondary N) is 1. The van der Waals surface area contributed by atoms with Crippen LogP contribution in [0.2, 0.25) is 5.02 Å². The number of carbonyl (C=O) groups excluding carboxylic acids is 1. The van der Waals surface area contributed by atoms with E-state index in [0.717, 1.165) is 10.9 Å². The van der Waals surface area contributed by atoms with Gasteiger partial charge in [-0.2, -0.15) is 0 Å².